The van der Waals surface area contributed by atoms with Crippen LogP contribution in [0.2, 0.25) is 0 Å². The first-order valence-electron chi connectivity index (χ1n) is 10.3. The average Bonchev–Trinajstić information content (AvgIpc) is 3.45. The minimum atomic E-state index is 0.117. The Labute approximate surface area is 185 Å². The summed E-state index contributed by atoms with van der Waals surface area (Å²) in [5.74, 6) is 0.127. The zero-order valence-corrected chi connectivity index (χ0v) is 18.8. The summed E-state index contributed by atoms with van der Waals surface area (Å²) in [7, 11) is 0. The van der Waals surface area contributed by atoms with Crippen molar-refractivity contribution in [3.63, 3.8) is 0 Å². The number of hydrogen-bond acceptors (Lipinski definition) is 6. The second-order valence-electron chi connectivity index (χ2n) is 7.57. The maximum Gasteiger partial charge on any atom is 0.229 e. The van der Waals surface area contributed by atoms with Gasteiger partial charge < -0.3 is 9.64 Å². The summed E-state index contributed by atoms with van der Waals surface area (Å²) in [5, 5.41) is 5.06. The number of morpholine rings is 1. The minimum Gasteiger partial charge on any atom is -0.379 e. The largest absolute Gasteiger partial charge is 0.379 e. The van der Waals surface area contributed by atoms with Gasteiger partial charge in [-0.1, -0.05) is 36.4 Å². The fraction of sp³-hybridized carbons (Fsp3) is 0.391. The van der Waals surface area contributed by atoms with Crippen molar-refractivity contribution in [1.82, 2.24) is 14.8 Å². The Morgan fingerprint density at radius 3 is 2.70 bits per heavy atom. The Morgan fingerprint density at radius 1 is 1.17 bits per heavy atom. The molecule has 4 rings (SSSR count). The third-order valence-electron chi connectivity index (χ3n) is 5.29. The lowest BCUT2D eigenvalue weighted by Crippen LogP contribution is -2.48. The van der Waals surface area contributed by atoms with Gasteiger partial charge in [-0.15, -0.1) is 22.7 Å². The van der Waals surface area contributed by atoms with E-state index < -0.39 is 0 Å². The number of carbonyl (C=O) groups excluding carboxylic acids is 1. The number of aromatic nitrogens is 1. The molecule has 0 N–H and O–H groups in total. The highest BCUT2D eigenvalue weighted by atomic mass is 32.1. The summed E-state index contributed by atoms with van der Waals surface area (Å²) >= 11 is 3.29. The number of amides is 1. The summed E-state index contributed by atoms with van der Waals surface area (Å²) in [6.07, 6.45) is 0.335. The molecule has 7 heteroatoms. The average molecular weight is 442 g/mol. The Kier molecular flexibility index (Phi) is 7.28. The summed E-state index contributed by atoms with van der Waals surface area (Å²) < 4.78 is 5.47. The molecule has 158 valence electrons. The van der Waals surface area contributed by atoms with Crippen LogP contribution in [0, 0.1) is 0 Å². The monoisotopic (exact) mass is 441 g/mol. The third-order valence-corrected chi connectivity index (χ3v) is 7.22. The molecule has 1 atom stereocenters. The summed E-state index contributed by atoms with van der Waals surface area (Å²) in [5.41, 5.74) is 2.00. The van der Waals surface area contributed by atoms with Crippen LogP contribution in [0.5, 0.6) is 0 Å². The molecule has 1 aromatic carbocycles. The number of rotatable bonds is 8. The molecule has 1 fully saturated rings. The SMILES string of the molecule is CC(CN1CCOCC1)N(Cc1ccccc1)C(=O)Cc1csc(-c2cccs2)n1. The Hall–Kier alpha value is -2.06. The number of benzene rings is 1. The van der Waals surface area contributed by atoms with Crippen molar-refractivity contribution in [3.05, 3.63) is 64.5 Å². The molecular formula is C23H27N3O2S2. The van der Waals surface area contributed by atoms with E-state index in [4.69, 9.17) is 9.72 Å². The quantitative estimate of drug-likeness (QED) is 0.527. The van der Waals surface area contributed by atoms with Gasteiger partial charge in [-0.2, -0.15) is 0 Å². The first-order valence-corrected chi connectivity index (χ1v) is 12.1. The van der Waals surface area contributed by atoms with Crippen molar-refractivity contribution < 1.29 is 9.53 Å². The molecule has 3 aromatic rings. The molecule has 1 saturated heterocycles. The molecule has 1 aliphatic heterocycles. The van der Waals surface area contributed by atoms with Crippen molar-refractivity contribution in [2.24, 2.45) is 0 Å². The van der Waals surface area contributed by atoms with Gasteiger partial charge in [0.2, 0.25) is 5.91 Å². The van der Waals surface area contributed by atoms with E-state index in [9.17, 15) is 4.79 Å². The van der Waals surface area contributed by atoms with Gasteiger partial charge in [-0.05, 0) is 23.9 Å². The molecule has 1 unspecified atom stereocenters. The second kappa shape index (κ2) is 10.3. The third kappa shape index (κ3) is 5.55. The van der Waals surface area contributed by atoms with Gasteiger partial charge in [0.1, 0.15) is 5.01 Å². The van der Waals surface area contributed by atoms with Crippen molar-refractivity contribution in [2.45, 2.75) is 25.9 Å². The van der Waals surface area contributed by atoms with Gasteiger partial charge in [0.05, 0.1) is 30.2 Å². The standard InChI is InChI=1S/C23H27N3O2S2/c1-18(15-25-9-11-28-12-10-25)26(16-19-6-3-2-4-7-19)22(27)14-20-17-30-23(24-20)21-8-5-13-29-21/h2-8,13,17-18H,9-12,14-16H2,1H3. The van der Waals surface area contributed by atoms with E-state index in [2.05, 4.69) is 35.4 Å². The van der Waals surface area contributed by atoms with Crippen LogP contribution in [-0.4, -0.2) is 59.6 Å². The maximum atomic E-state index is 13.3. The summed E-state index contributed by atoms with van der Waals surface area (Å²) in [6, 6.07) is 14.4. The highest BCUT2D eigenvalue weighted by molar-refractivity contribution is 7.20. The molecule has 0 bridgehead atoms. The lowest BCUT2D eigenvalue weighted by Gasteiger charge is -2.35. The molecule has 0 radical (unpaired) electrons. The van der Waals surface area contributed by atoms with E-state index in [0.29, 0.717) is 13.0 Å². The highest BCUT2D eigenvalue weighted by Gasteiger charge is 2.24. The number of hydrogen-bond donors (Lipinski definition) is 0. The maximum absolute atomic E-state index is 13.3. The molecule has 0 spiro atoms. The zero-order chi connectivity index (χ0) is 20.8. The summed E-state index contributed by atoms with van der Waals surface area (Å²) in [6.45, 7) is 7.01. The van der Waals surface area contributed by atoms with E-state index in [0.717, 1.165) is 54.0 Å². The van der Waals surface area contributed by atoms with Gasteiger partial charge in [0, 0.05) is 37.6 Å². The van der Waals surface area contributed by atoms with Crippen LogP contribution < -0.4 is 0 Å². The van der Waals surface area contributed by atoms with E-state index in [1.54, 1.807) is 22.7 Å². The van der Waals surface area contributed by atoms with Crippen molar-refractivity contribution in [2.75, 3.05) is 32.8 Å². The lowest BCUT2D eigenvalue weighted by molar-refractivity contribution is -0.133. The van der Waals surface area contributed by atoms with E-state index in [-0.39, 0.29) is 11.9 Å². The zero-order valence-electron chi connectivity index (χ0n) is 17.2. The van der Waals surface area contributed by atoms with E-state index in [1.165, 1.54) is 0 Å². The molecule has 5 nitrogen and oxygen atoms in total. The summed E-state index contributed by atoms with van der Waals surface area (Å²) in [4.78, 5) is 23.6. The van der Waals surface area contributed by atoms with Crippen LogP contribution in [0.25, 0.3) is 9.88 Å². The number of thiazole rings is 1. The molecule has 0 saturated carbocycles. The normalized spacial score (nSPS) is 15.8. The Balaban J connectivity index is 1.46. The molecule has 1 aliphatic rings. The van der Waals surface area contributed by atoms with Crippen molar-refractivity contribution >= 4 is 28.6 Å². The highest BCUT2D eigenvalue weighted by Crippen LogP contribution is 2.28. The molecule has 1 amide bonds. The predicted octanol–water partition coefficient (Wildman–Crippen LogP) is 4.16. The van der Waals surface area contributed by atoms with Gasteiger partial charge >= 0.3 is 0 Å². The predicted molar refractivity (Wildman–Crippen MR) is 123 cm³/mol. The van der Waals surface area contributed by atoms with Gasteiger partial charge in [-0.3, -0.25) is 9.69 Å². The lowest BCUT2D eigenvalue weighted by atomic mass is 10.1. The smallest absolute Gasteiger partial charge is 0.229 e. The van der Waals surface area contributed by atoms with E-state index >= 15 is 0 Å². The van der Waals surface area contributed by atoms with E-state index in [1.807, 2.05) is 34.5 Å². The van der Waals surface area contributed by atoms with Crippen LogP contribution in [0.15, 0.2) is 53.2 Å². The van der Waals surface area contributed by atoms with Gasteiger partial charge in [0.15, 0.2) is 0 Å². The molecular weight excluding hydrogens is 414 g/mol. The molecule has 2 aromatic heterocycles. The minimum absolute atomic E-state index is 0.117. The van der Waals surface area contributed by atoms with Crippen LogP contribution in [0.3, 0.4) is 0 Å². The van der Waals surface area contributed by atoms with Crippen LogP contribution in [0.4, 0.5) is 0 Å². The second-order valence-corrected chi connectivity index (χ2v) is 9.37. The first kappa shape index (κ1) is 21.2. The number of nitrogens with zero attached hydrogens (tertiary/aromatic N) is 3. The van der Waals surface area contributed by atoms with Crippen LogP contribution in [0.1, 0.15) is 18.2 Å². The topological polar surface area (TPSA) is 45.7 Å². The van der Waals surface area contributed by atoms with Crippen molar-refractivity contribution in [1.29, 1.82) is 0 Å². The number of thiophene rings is 1. The fourth-order valence-corrected chi connectivity index (χ4v) is 5.32. The Bertz CT molecular complexity index is 921. The number of ether oxygens (including phenoxy) is 1. The van der Waals surface area contributed by atoms with Gasteiger partial charge in [-0.25, -0.2) is 4.98 Å². The number of carbonyl (C=O) groups is 1. The fourth-order valence-electron chi connectivity index (χ4n) is 3.68. The van der Waals surface area contributed by atoms with Crippen LogP contribution >= 0.6 is 22.7 Å². The van der Waals surface area contributed by atoms with Gasteiger partial charge in [0.25, 0.3) is 0 Å². The first-order chi connectivity index (χ1) is 14.7. The molecule has 3 heterocycles. The molecule has 30 heavy (non-hydrogen) atoms. The molecule has 0 aliphatic carbocycles. The van der Waals surface area contributed by atoms with Crippen LogP contribution in [-0.2, 0) is 22.5 Å². The Morgan fingerprint density at radius 2 is 1.97 bits per heavy atom. The van der Waals surface area contributed by atoms with Crippen molar-refractivity contribution in [3.8, 4) is 9.88 Å².